The molecule has 0 aliphatic carbocycles. The van der Waals surface area contributed by atoms with Crippen LogP contribution in [0, 0.1) is 0 Å². The quantitative estimate of drug-likeness (QED) is 0.734. The zero-order valence-corrected chi connectivity index (χ0v) is 9.60. The van der Waals surface area contributed by atoms with E-state index in [-0.39, 0.29) is 12.1 Å². The van der Waals surface area contributed by atoms with Crippen LogP contribution in [0.1, 0.15) is 18.7 Å². The van der Waals surface area contributed by atoms with E-state index in [1.807, 2.05) is 38.1 Å². The van der Waals surface area contributed by atoms with Crippen molar-refractivity contribution in [1.29, 1.82) is 0 Å². The highest BCUT2D eigenvalue weighted by molar-refractivity contribution is 5.02. The van der Waals surface area contributed by atoms with Crippen molar-refractivity contribution in [2.45, 2.75) is 19.1 Å². The average molecular weight is 212 g/mol. The number of nitrogens with one attached hydrogen (secondary N) is 1. The van der Waals surface area contributed by atoms with Gasteiger partial charge in [-0.05, 0) is 33.2 Å². The Hall–Kier alpha value is -0.840. The first kappa shape index (κ1) is 12.2. The molecular formula is C11H20N2O2. The molecule has 2 N–H and O–H groups in total. The van der Waals surface area contributed by atoms with Gasteiger partial charge in [-0.3, -0.25) is 0 Å². The summed E-state index contributed by atoms with van der Waals surface area (Å²) in [5.41, 5.74) is 0. The molecule has 1 aromatic rings. The Bertz CT molecular complexity index is 260. The predicted molar refractivity (Wildman–Crippen MR) is 59.7 cm³/mol. The van der Waals surface area contributed by atoms with Gasteiger partial charge in [0.25, 0.3) is 0 Å². The monoisotopic (exact) mass is 212 g/mol. The summed E-state index contributed by atoms with van der Waals surface area (Å²) in [7, 11) is 3.89. The lowest BCUT2D eigenvalue weighted by Crippen LogP contribution is -2.35. The molecule has 0 radical (unpaired) electrons. The van der Waals surface area contributed by atoms with Crippen molar-refractivity contribution < 1.29 is 9.52 Å². The maximum absolute atomic E-state index is 9.63. The normalized spacial score (nSPS) is 15.5. The number of aliphatic hydroxyl groups excluding tert-OH is 1. The SMILES string of the molecule is C[C@@H](NCC(O)CN(C)C)c1ccco1. The summed E-state index contributed by atoms with van der Waals surface area (Å²) >= 11 is 0. The van der Waals surface area contributed by atoms with Crippen LogP contribution in [0.15, 0.2) is 22.8 Å². The summed E-state index contributed by atoms with van der Waals surface area (Å²) in [6.07, 6.45) is 1.31. The fraction of sp³-hybridized carbons (Fsp3) is 0.636. The van der Waals surface area contributed by atoms with Gasteiger partial charge >= 0.3 is 0 Å². The molecular weight excluding hydrogens is 192 g/mol. The van der Waals surface area contributed by atoms with Gasteiger partial charge in [0, 0.05) is 13.1 Å². The van der Waals surface area contributed by atoms with Crippen LogP contribution in [0.2, 0.25) is 0 Å². The molecule has 15 heavy (non-hydrogen) atoms. The van der Waals surface area contributed by atoms with E-state index in [1.165, 1.54) is 0 Å². The molecule has 1 rings (SSSR count). The van der Waals surface area contributed by atoms with Crippen molar-refractivity contribution in [3.63, 3.8) is 0 Å². The molecule has 0 aliphatic rings. The summed E-state index contributed by atoms with van der Waals surface area (Å²) in [6, 6.07) is 3.93. The Balaban J connectivity index is 2.25. The Morgan fingerprint density at radius 1 is 1.53 bits per heavy atom. The second-order valence-corrected chi connectivity index (χ2v) is 4.06. The van der Waals surface area contributed by atoms with Gasteiger partial charge in [0.2, 0.25) is 0 Å². The van der Waals surface area contributed by atoms with E-state index in [1.54, 1.807) is 6.26 Å². The van der Waals surface area contributed by atoms with Gasteiger partial charge in [-0.2, -0.15) is 0 Å². The first-order valence-corrected chi connectivity index (χ1v) is 5.19. The van der Waals surface area contributed by atoms with Crippen LogP contribution in [0.3, 0.4) is 0 Å². The first-order valence-electron chi connectivity index (χ1n) is 5.19. The highest BCUT2D eigenvalue weighted by Gasteiger charge is 2.10. The number of rotatable bonds is 6. The Morgan fingerprint density at radius 3 is 2.80 bits per heavy atom. The van der Waals surface area contributed by atoms with Crippen molar-refractivity contribution in [3.8, 4) is 0 Å². The van der Waals surface area contributed by atoms with E-state index in [2.05, 4.69) is 5.32 Å². The van der Waals surface area contributed by atoms with Crippen LogP contribution in [0.25, 0.3) is 0 Å². The molecule has 0 fully saturated rings. The van der Waals surface area contributed by atoms with Gasteiger partial charge in [-0.15, -0.1) is 0 Å². The smallest absolute Gasteiger partial charge is 0.120 e. The van der Waals surface area contributed by atoms with Crippen LogP contribution in [0.5, 0.6) is 0 Å². The van der Waals surface area contributed by atoms with Crippen molar-refractivity contribution in [1.82, 2.24) is 10.2 Å². The summed E-state index contributed by atoms with van der Waals surface area (Å²) in [6.45, 7) is 3.25. The molecule has 0 aliphatic heterocycles. The molecule has 86 valence electrons. The van der Waals surface area contributed by atoms with Gasteiger partial charge in [0.1, 0.15) is 5.76 Å². The first-order chi connectivity index (χ1) is 7.09. The highest BCUT2D eigenvalue weighted by Crippen LogP contribution is 2.11. The number of hydrogen-bond acceptors (Lipinski definition) is 4. The van der Waals surface area contributed by atoms with Crippen LogP contribution in [-0.4, -0.2) is 43.3 Å². The topological polar surface area (TPSA) is 48.6 Å². The van der Waals surface area contributed by atoms with Crippen molar-refractivity contribution in [2.75, 3.05) is 27.2 Å². The van der Waals surface area contributed by atoms with Crippen LogP contribution >= 0.6 is 0 Å². The number of nitrogens with zero attached hydrogens (tertiary/aromatic N) is 1. The fourth-order valence-corrected chi connectivity index (χ4v) is 1.44. The van der Waals surface area contributed by atoms with Crippen LogP contribution in [-0.2, 0) is 0 Å². The number of furan rings is 1. The van der Waals surface area contributed by atoms with Crippen molar-refractivity contribution in [2.24, 2.45) is 0 Å². The molecule has 4 nitrogen and oxygen atoms in total. The maximum Gasteiger partial charge on any atom is 0.120 e. The Labute approximate surface area is 90.9 Å². The molecule has 0 amide bonds. The van der Waals surface area contributed by atoms with E-state index >= 15 is 0 Å². The molecule has 0 saturated carbocycles. The molecule has 1 unspecified atom stereocenters. The summed E-state index contributed by atoms with van der Waals surface area (Å²) < 4.78 is 5.25. The van der Waals surface area contributed by atoms with E-state index in [0.29, 0.717) is 13.1 Å². The molecule has 0 bridgehead atoms. The van der Waals surface area contributed by atoms with Crippen molar-refractivity contribution in [3.05, 3.63) is 24.2 Å². The van der Waals surface area contributed by atoms with Crippen LogP contribution < -0.4 is 5.32 Å². The van der Waals surface area contributed by atoms with E-state index in [0.717, 1.165) is 5.76 Å². The minimum Gasteiger partial charge on any atom is -0.468 e. The second-order valence-electron chi connectivity index (χ2n) is 4.06. The zero-order valence-electron chi connectivity index (χ0n) is 9.60. The number of likely N-dealkylation sites (N-methyl/N-ethyl adjacent to an activating group) is 1. The Morgan fingerprint density at radius 2 is 2.27 bits per heavy atom. The molecule has 0 spiro atoms. The van der Waals surface area contributed by atoms with Crippen molar-refractivity contribution >= 4 is 0 Å². The largest absolute Gasteiger partial charge is 0.468 e. The van der Waals surface area contributed by atoms with Gasteiger partial charge in [0.15, 0.2) is 0 Å². The molecule has 0 saturated heterocycles. The Kier molecular flexibility index (Phi) is 4.81. The van der Waals surface area contributed by atoms with Gasteiger partial charge in [0.05, 0.1) is 18.4 Å². The summed E-state index contributed by atoms with van der Waals surface area (Å²) in [5.74, 6) is 0.895. The molecule has 1 aromatic heterocycles. The number of hydrogen-bond donors (Lipinski definition) is 2. The average Bonchev–Trinajstić information content (AvgIpc) is 2.65. The predicted octanol–water partition coefficient (Wildman–Crippen LogP) is 0.853. The summed E-state index contributed by atoms with van der Waals surface area (Å²) in [5, 5.41) is 12.9. The molecule has 4 heteroatoms. The molecule has 2 atom stereocenters. The lowest BCUT2D eigenvalue weighted by atomic mass is 10.2. The second kappa shape index (κ2) is 5.90. The van der Waals surface area contributed by atoms with E-state index in [9.17, 15) is 5.11 Å². The third kappa shape index (κ3) is 4.46. The minimum absolute atomic E-state index is 0.136. The highest BCUT2D eigenvalue weighted by atomic mass is 16.3. The van der Waals surface area contributed by atoms with Gasteiger partial charge in [-0.25, -0.2) is 0 Å². The van der Waals surface area contributed by atoms with Gasteiger partial charge < -0.3 is 19.7 Å². The summed E-state index contributed by atoms with van der Waals surface area (Å²) in [4.78, 5) is 1.96. The number of aliphatic hydroxyl groups is 1. The fourth-order valence-electron chi connectivity index (χ4n) is 1.44. The molecule has 0 aromatic carbocycles. The lowest BCUT2D eigenvalue weighted by molar-refractivity contribution is 0.131. The zero-order chi connectivity index (χ0) is 11.3. The van der Waals surface area contributed by atoms with Crippen LogP contribution in [0.4, 0.5) is 0 Å². The van der Waals surface area contributed by atoms with E-state index in [4.69, 9.17) is 4.42 Å². The van der Waals surface area contributed by atoms with Gasteiger partial charge in [-0.1, -0.05) is 0 Å². The minimum atomic E-state index is -0.350. The third-order valence-corrected chi connectivity index (χ3v) is 2.21. The van der Waals surface area contributed by atoms with E-state index < -0.39 is 0 Å². The lowest BCUT2D eigenvalue weighted by Gasteiger charge is -2.18. The molecule has 1 heterocycles. The maximum atomic E-state index is 9.63. The third-order valence-electron chi connectivity index (χ3n) is 2.21. The standard InChI is InChI=1S/C11H20N2O2/c1-9(11-5-4-6-15-11)12-7-10(14)8-13(2)3/h4-6,9-10,12,14H,7-8H2,1-3H3/t9-,10?/m1/s1.